The number of hydrogen-bond acceptors (Lipinski definition) is 4. The number of hydrogen-bond donors (Lipinski definition) is 0. The summed E-state index contributed by atoms with van der Waals surface area (Å²) in [5, 5.41) is 1.02. The topological polar surface area (TPSA) is 54.5 Å². The molecule has 8 heteroatoms. The van der Waals surface area contributed by atoms with E-state index in [1.54, 1.807) is 17.5 Å². The van der Waals surface area contributed by atoms with E-state index < -0.39 is 26.8 Å². The van der Waals surface area contributed by atoms with Crippen LogP contribution in [0, 0.1) is 5.82 Å². The van der Waals surface area contributed by atoms with Gasteiger partial charge in [-0.15, -0.1) is 11.3 Å². The zero-order valence-corrected chi connectivity index (χ0v) is 14.3. The molecule has 0 bridgehead atoms. The summed E-state index contributed by atoms with van der Waals surface area (Å²) >= 11 is 6.97. The van der Waals surface area contributed by atoms with Gasteiger partial charge >= 0.3 is 0 Å². The lowest BCUT2D eigenvalue weighted by molar-refractivity contribution is 0.0758. The number of carbonyl (C=O) groups is 1. The van der Waals surface area contributed by atoms with Crippen LogP contribution in [0.1, 0.15) is 20.5 Å². The number of sulfone groups is 1. The van der Waals surface area contributed by atoms with E-state index >= 15 is 0 Å². The molecule has 1 unspecified atom stereocenters. The smallest absolute Gasteiger partial charge is 0.254 e. The molecule has 4 nitrogen and oxygen atoms in total. The Morgan fingerprint density at radius 2 is 2.13 bits per heavy atom. The van der Waals surface area contributed by atoms with E-state index in [-0.39, 0.29) is 29.4 Å². The molecule has 1 aromatic carbocycles. The molecular formula is C15H13ClFNO3S2. The second-order valence-electron chi connectivity index (χ2n) is 5.25. The van der Waals surface area contributed by atoms with Crippen LogP contribution in [0.25, 0.3) is 0 Å². The second-order valence-corrected chi connectivity index (χ2v) is 8.94. The quantitative estimate of drug-likeness (QED) is 0.812. The maximum atomic E-state index is 13.5. The molecule has 2 aromatic rings. The summed E-state index contributed by atoms with van der Waals surface area (Å²) in [4.78, 5) is 14.7. The zero-order valence-electron chi connectivity index (χ0n) is 11.9. The number of rotatable bonds is 2. The average molecular weight is 374 g/mol. The monoisotopic (exact) mass is 373 g/mol. The number of benzene rings is 1. The van der Waals surface area contributed by atoms with E-state index in [1.165, 1.54) is 28.4 Å². The minimum absolute atomic E-state index is 0.0563. The number of carbonyl (C=O) groups excluding carboxylic acids is 1. The fraction of sp³-hybridized carbons (Fsp3) is 0.267. The van der Waals surface area contributed by atoms with Gasteiger partial charge < -0.3 is 4.90 Å². The molecule has 1 aromatic heterocycles. The fourth-order valence-corrected chi connectivity index (χ4v) is 5.54. The molecule has 0 aliphatic carbocycles. The van der Waals surface area contributed by atoms with E-state index in [4.69, 9.17) is 11.6 Å². The fourth-order valence-electron chi connectivity index (χ4n) is 2.52. The van der Waals surface area contributed by atoms with E-state index in [9.17, 15) is 17.6 Å². The van der Waals surface area contributed by atoms with E-state index in [0.29, 0.717) is 4.88 Å². The lowest BCUT2D eigenvalue weighted by atomic mass is 10.2. The summed E-state index contributed by atoms with van der Waals surface area (Å²) < 4.78 is 38.1. The van der Waals surface area contributed by atoms with Crippen LogP contribution in [0.4, 0.5) is 4.39 Å². The first kappa shape index (κ1) is 16.4. The van der Waals surface area contributed by atoms with Crippen molar-refractivity contribution >= 4 is 38.7 Å². The molecule has 122 valence electrons. The lowest BCUT2D eigenvalue weighted by Gasteiger charge is -2.32. The minimum Gasteiger partial charge on any atom is -0.336 e. The molecule has 0 radical (unpaired) electrons. The third-order valence-electron chi connectivity index (χ3n) is 3.78. The summed E-state index contributed by atoms with van der Waals surface area (Å²) in [6, 6.07) is 7.38. The van der Waals surface area contributed by atoms with Gasteiger partial charge in [0.1, 0.15) is 11.1 Å². The summed E-state index contributed by atoms with van der Waals surface area (Å²) in [5.41, 5.74) is 0.163. The van der Waals surface area contributed by atoms with Gasteiger partial charge in [0.05, 0.1) is 10.8 Å². The van der Waals surface area contributed by atoms with Gasteiger partial charge in [-0.2, -0.15) is 0 Å². The Hall–Kier alpha value is -1.44. The molecule has 1 amide bonds. The lowest BCUT2D eigenvalue weighted by Crippen LogP contribution is -2.45. The highest BCUT2D eigenvalue weighted by Crippen LogP contribution is 2.31. The standard InChI is InChI=1S/C15H13ClFNO3S2/c16-11-4-3-10(8-12(11)17)15(19)18-5-7-23(20,21)14(9-18)13-2-1-6-22-13/h1-4,6,8,14H,5,7,9H2. The maximum Gasteiger partial charge on any atom is 0.254 e. The van der Waals surface area contributed by atoms with E-state index in [2.05, 4.69) is 0 Å². The number of thiophene rings is 1. The van der Waals surface area contributed by atoms with Crippen molar-refractivity contribution in [2.24, 2.45) is 0 Å². The molecule has 2 heterocycles. The van der Waals surface area contributed by atoms with Crippen molar-refractivity contribution in [3.05, 3.63) is 57.0 Å². The normalized spacial score (nSPS) is 20.4. The summed E-state index contributed by atoms with van der Waals surface area (Å²) in [6.45, 7) is 0.180. The predicted octanol–water partition coefficient (Wildman–Crippen LogP) is 3.15. The Bertz CT molecular complexity index is 836. The van der Waals surface area contributed by atoms with Gasteiger partial charge in [0.15, 0.2) is 9.84 Å². The van der Waals surface area contributed by atoms with Crippen LogP contribution in [-0.2, 0) is 9.84 Å². The second kappa shape index (κ2) is 6.22. The highest BCUT2D eigenvalue weighted by molar-refractivity contribution is 7.91. The first-order valence-electron chi connectivity index (χ1n) is 6.88. The van der Waals surface area contributed by atoms with Crippen molar-refractivity contribution < 1.29 is 17.6 Å². The maximum absolute atomic E-state index is 13.5. The van der Waals surface area contributed by atoms with Crippen molar-refractivity contribution in [2.75, 3.05) is 18.8 Å². The van der Waals surface area contributed by atoms with Crippen LogP contribution in [0.2, 0.25) is 5.02 Å². The third kappa shape index (κ3) is 3.27. The number of halogens is 2. The largest absolute Gasteiger partial charge is 0.336 e. The summed E-state index contributed by atoms with van der Waals surface area (Å²) in [5.74, 6) is -1.16. The Kier molecular flexibility index (Phi) is 4.44. The van der Waals surface area contributed by atoms with E-state index in [1.807, 2.05) is 0 Å². The summed E-state index contributed by atoms with van der Waals surface area (Å²) in [6.07, 6.45) is 0. The van der Waals surface area contributed by atoms with Crippen molar-refractivity contribution in [3.63, 3.8) is 0 Å². The van der Waals surface area contributed by atoms with Crippen molar-refractivity contribution in [1.29, 1.82) is 0 Å². The Labute approximate surface area is 142 Å². The third-order valence-corrected chi connectivity index (χ3v) is 7.24. The van der Waals surface area contributed by atoms with Gasteiger partial charge in [-0.1, -0.05) is 17.7 Å². The van der Waals surface area contributed by atoms with Crippen LogP contribution < -0.4 is 0 Å². The predicted molar refractivity (Wildman–Crippen MR) is 88.2 cm³/mol. The SMILES string of the molecule is O=C(c1ccc(Cl)c(F)c1)N1CCS(=O)(=O)C(c2cccs2)C1. The van der Waals surface area contributed by atoms with Gasteiger partial charge in [0.2, 0.25) is 0 Å². The van der Waals surface area contributed by atoms with Crippen LogP contribution in [-0.4, -0.2) is 38.1 Å². The van der Waals surface area contributed by atoms with Crippen LogP contribution in [0.15, 0.2) is 35.7 Å². The molecule has 0 saturated carbocycles. The molecule has 23 heavy (non-hydrogen) atoms. The Balaban J connectivity index is 1.86. The van der Waals surface area contributed by atoms with Gasteiger partial charge in [0.25, 0.3) is 5.91 Å². The van der Waals surface area contributed by atoms with E-state index in [0.717, 1.165) is 6.07 Å². The van der Waals surface area contributed by atoms with Gasteiger partial charge in [0, 0.05) is 23.5 Å². The Morgan fingerprint density at radius 1 is 1.35 bits per heavy atom. The highest BCUT2D eigenvalue weighted by atomic mass is 35.5. The number of amides is 1. The van der Waals surface area contributed by atoms with Crippen molar-refractivity contribution in [1.82, 2.24) is 4.90 Å². The molecular weight excluding hydrogens is 361 g/mol. The molecule has 1 saturated heterocycles. The van der Waals surface area contributed by atoms with Crippen molar-refractivity contribution in [2.45, 2.75) is 5.25 Å². The molecule has 3 rings (SSSR count). The first-order valence-corrected chi connectivity index (χ1v) is 9.85. The first-order chi connectivity index (χ1) is 10.9. The zero-order chi connectivity index (χ0) is 16.6. The van der Waals surface area contributed by atoms with Gasteiger partial charge in [-0.25, -0.2) is 12.8 Å². The summed E-state index contributed by atoms with van der Waals surface area (Å²) in [7, 11) is -3.29. The van der Waals surface area contributed by atoms with Crippen LogP contribution >= 0.6 is 22.9 Å². The average Bonchev–Trinajstić information content (AvgIpc) is 3.03. The molecule has 0 spiro atoms. The Morgan fingerprint density at radius 3 is 2.78 bits per heavy atom. The molecule has 1 atom stereocenters. The van der Waals surface area contributed by atoms with Crippen molar-refractivity contribution in [3.8, 4) is 0 Å². The molecule has 1 aliphatic rings. The molecule has 1 aliphatic heterocycles. The van der Waals surface area contributed by atoms with Crippen LogP contribution in [0.5, 0.6) is 0 Å². The molecule has 1 fully saturated rings. The van der Waals surface area contributed by atoms with Crippen LogP contribution in [0.3, 0.4) is 0 Å². The minimum atomic E-state index is -3.29. The number of nitrogens with zero attached hydrogens (tertiary/aromatic N) is 1. The van der Waals surface area contributed by atoms with Gasteiger partial charge in [-0.3, -0.25) is 4.79 Å². The molecule has 0 N–H and O–H groups in total. The highest BCUT2D eigenvalue weighted by Gasteiger charge is 2.36. The van der Waals surface area contributed by atoms with Gasteiger partial charge in [-0.05, 0) is 29.6 Å².